The van der Waals surface area contributed by atoms with E-state index in [2.05, 4.69) is 50.2 Å². The van der Waals surface area contributed by atoms with Gasteiger partial charge in [-0.15, -0.1) is 0 Å². The fraction of sp³-hybridized carbons (Fsp3) is 0. The number of hydrogen-bond acceptors (Lipinski definition) is 8. The molecule has 158 valence electrons. The Morgan fingerprint density at radius 1 is 0.688 bits per heavy atom. The summed E-state index contributed by atoms with van der Waals surface area (Å²) in [5.74, 6) is -0.778. The summed E-state index contributed by atoms with van der Waals surface area (Å²) in [6.07, 6.45) is 0. The van der Waals surface area contributed by atoms with E-state index in [9.17, 15) is 25.9 Å². The van der Waals surface area contributed by atoms with Gasteiger partial charge < -0.3 is 27.4 Å². The molecule has 2 aromatic carbocycles. The van der Waals surface area contributed by atoms with Gasteiger partial charge in [-0.3, -0.25) is 0 Å². The molecular formula is C16H8Br2N2Na2O8S2. The van der Waals surface area contributed by atoms with Crippen molar-refractivity contribution in [2.75, 3.05) is 0 Å². The molecule has 0 fully saturated rings. The minimum atomic E-state index is -5.19. The van der Waals surface area contributed by atoms with Crippen LogP contribution in [0, 0.1) is 0 Å². The van der Waals surface area contributed by atoms with Gasteiger partial charge in [-0.25, -0.2) is 16.8 Å². The molecule has 16 heteroatoms. The zero-order valence-electron chi connectivity index (χ0n) is 16.3. The van der Waals surface area contributed by atoms with E-state index in [0.717, 1.165) is 0 Å². The van der Waals surface area contributed by atoms with Crippen LogP contribution >= 0.6 is 31.9 Å². The van der Waals surface area contributed by atoms with Crippen LogP contribution in [0.4, 0.5) is 0 Å². The van der Waals surface area contributed by atoms with E-state index in [1.165, 1.54) is 12.1 Å². The number of benzene rings is 2. The normalized spacial score (nSPS) is 11.8. The van der Waals surface area contributed by atoms with Crippen molar-refractivity contribution in [1.82, 2.24) is 9.97 Å². The molecule has 0 amide bonds. The van der Waals surface area contributed by atoms with Crippen molar-refractivity contribution in [2.45, 2.75) is 0 Å². The second kappa shape index (κ2) is 10.3. The maximum atomic E-state index is 11.3. The predicted molar refractivity (Wildman–Crippen MR) is 112 cm³/mol. The van der Waals surface area contributed by atoms with Crippen LogP contribution in [0.5, 0.6) is 11.5 Å². The van der Waals surface area contributed by atoms with E-state index in [1.807, 2.05) is 0 Å². The van der Waals surface area contributed by atoms with Crippen LogP contribution in [0.25, 0.3) is 33.2 Å². The monoisotopic (exact) mass is 624 g/mol. The number of fused-ring (bicyclic) bond motifs is 2. The summed E-state index contributed by atoms with van der Waals surface area (Å²) < 4.78 is 78.5. The Bertz CT molecular complexity index is 1420. The first-order valence-corrected chi connectivity index (χ1v) is 12.1. The van der Waals surface area contributed by atoms with E-state index in [1.54, 1.807) is 24.3 Å². The van der Waals surface area contributed by atoms with Crippen LogP contribution in [0.3, 0.4) is 0 Å². The molecule has 4 aromatic rings. The maximum Gasteiger partial charge on any atom is 1.00 e. The third-order valence-corrected chi connectivity index (χ3v) is 5.77. The van der Waals surface area contributed by atoms with Crippen molar-refractivity contribution in [3.8, 4) is 22.9 Å². The quantitative estimate of drug-likeness (QED) is 0.140. The van der Waals surface area contributed by atoms with Crippen molar-refractivity contribution in [2.24, 2.45) is 0 Å². The number of aromatic amines is 2. The summed E-state index contributed by atoms with van der Waals surface area (Å²) in [6.45, 7) is 0. The first-order chi connectivity index (χ1) is 13.9. The fourth-order valence-corrected chi connectivity index (χ4v) is 4.48. The van der Waals surface area contributed by atoms with E-state index in [-0.39, 0.29) is 92.8 Å². The first-order valence-electron chi connectivity index (χ1n) is 7.85. The molecule has 4 rings (SSSR count). The molecule has 0 atom stereocenters. The van der Waals surface area contributed by atoms with Crippen molar-refractivity contribution in [1.29, 1.82) is 0 Å². The van der Waals surface area contributed by atoms with Crippen molar-refractivity contribution in [3.05, 3.63) is 45.3 Å². The van der Waals surface area contributed by atoms with Gasteiger partial charge in [0, 0.05) is 30.8 Å². The molecule has 2 aromatic heterocycles. The molecule has 0 unspecified atom stereocenters. The second-order valence-corrected chi connectivity index (χ2v) is 9.82. The van der Waals surface area contributed by atoms with Crippen LogP contribution in [0.2, 0.25) is 0 Å². The number of rotatable bonds is 5. The number of nitrogens with one attached hydrogen (secondary N) is 2. The number of aromatic nitrogens is 2. The van der Waals surface area contributed by atoms with Gasteiger partial charge in [-0.2, -0.15) is 0 Å². The molecule has 2 heterocycles. The molecule has 0 saturated carbocycles. The molecule has 2 N–H and O–H groups in total. The Morgan fingerprint density at radius 3 is 1.34 bits per heavy atom. The van der Waals surface area contributed by atoms with E-state index >= 15 is 0 Å². The Hall–Kier alpha value is -0.1000. The smallest absolute Gasteiger partial charge is 0.716 e. The fourth-order valence-electron chi connectivity index (χ4n) is 3.01. The van der Waals surface area contributed by atoms with Crippen molar-refractivity contribution < 1.29 is 93.4 Å². The first kappa shape index (κ1) is 28.1. The molecule has 0 saturated heterocycles. The van der Waals surface area contributed by atoms with Crippen LogP contribution < -0.4 is 67.5 Å². The van der Waals surface area contributed by atoms with Gasteiger partial charge in [-0.05, 0) is 36.4 Å². The van der Waals surface area contributed by atoms with E-state index in [4.69, 9.17) is 0 Å². The van der Waals surface area contributed by atoms with Crippen LogP contribution in [-0.4, -0.2) is 35.9 Å². The van der Waals surface area contributed by atoms with Crippen LogP contribution in [0.15, 0.2) is 45.3 Å². The summed E-state index contributed by atoms with van der Waals surface area (Å²) >= 11 is 6.49. The summed E-state index contributed by atoms with van der Waals surface area (Å²) in [7, 11) is -10.4. The van der Waals surface area contributed by atoms with Gasteiger partial charge in [0.1, 0.15) is 11.4 Å². The van der Waals surface area contributed by atoms with Gasteiger partial charge in [-0.1, -0.05) is 31.9 Å². The largest absolute Gasteiger partial charge is 1.00 e. The van der Waals surface area contributed by atoms with Crippen molar-refractivity contribution in [3.63, 3.8) is 0 Å². The zero-order valence-corrected chi connectivity index (χ0v) is 25.1. The zero-order chi connectivity index (χ0) is 21.8. The molecule has 0 spiro atoms. The summed E-state index contributed by atoms with van der Waals surface area (Å²) in [6, 6.07) is 9.47. The average molecular weight is 626 g/mol. The van der Waals surface area contributed by atoms with Crippen LogP contribution in [0.1, 0.15) is 0 Å². The standard InChI is InChI=1S/C16H10Br2N2O8S2.2Na/c17-7-1-3-11-9(5-7)15(27-29(21,22)23)13(19-11)14-16(28-30(24,25)26)10-6-8(18)2-4-12(10)20-14;;/h1-6,19-20H,(H,21,22,23)(H,24,25,26);;/q;2*+1/p-2. The second-order valence-electron chi connectivity index (χ2n) is 6.02. The molecule has 0 aliphatic carbocycles. The van der Waals surface area contributed by atoms with Gasteiger partial charge in [0.05, 0.1) is 0 Å². The minimum Gasteiger partial charge on any atom is -0.716 e. The van der Waals surface area contributed by atoms with Gasteiger partial charge >= 0.3 is 59.1 Å². The van der Waals surface area contributed by atoms with Crippen molar-refractivity contribution >= 4 is 74.5 Å². The Balaban J connectivity index is 0.00000181. The molecular weight excluding hydrogens is 618 g/mol. The minimum absolute atomic E-state index is 0. The van der Waals surface area contributed by atoms with E-state index < -0.39 is 20.8 Å². The molecule has 32 heavy (non-hydrogen) atoms. The topological polar surface area (TPSA) is 164 Å². The predicted octanol–water partition coefficient (Wildman–Crippen LogP) is -2.47. The summed E-state index contributed by atoms with van der Waals surface area (Å²) in [5.41, 5.74) is 0.548. The molecule has 0 aliphatic heterocycles. The molecule has 0 bridgehead atoms. The number of halogens is 2. The summed E-state index contributed by atoms with van der Waals surface area (Å²) in [5, 5.41) is 0.434. The van der Waals surface area contributed by atoms with Gasteiger partial charge in [0.15, 0.2) is 11.5 Å². The Kier molecular flexibility index (Phi) is 9.02. The third kappa shape index (κ3) is 6.12. The van der Waals surface area contributed by atoms with Gasteiger partial charge in [0.2, 0.25) is 0 Å². The van der Waals surface area contributed by atoms with E-state index in [0.29, 0.717) is 20.0 Å². The molecule has 0 aliphatic rings. The molecule has 10 nitrogen and oxygen atoms in total. The number of hydrogen-bond donors (Lipinski definition) is 2. The third-order valence-electron chi connectivity index (χ3n) is 4.05. The Morgan fingerprint density at radius 2 is 1.03 bits per heavy atom. The van der Waals surface area contributed by atoms with Crippen LogP contribution in [-0.2, 0) is 20.8 Å². The molecule has 0 radical (unpaired) electrons. The Labute approximate surface area is 243 Å². The number of H-pyrrole nitrogens is 2. The van der Waals surface area contributed by atoms with Gasteiger partial charge in [0.25, 0.3) is 20.8 Å². The SMILES string of the molecule is O=S(=O)([O-])Oc1c(-c2[nH]c3ccc(Br)cc3c2OS(=O)(=O)[O-])[nH]c2ccc(Br)cc12.[Na+].[Na+]. The average Bonchev–Trinajstić information content (AvgIpc) is 3.11. The maximum absolute atomic E-state index is 11.3. The summed E-state index contributed by atoms with van der Waals surface area (Å²) in [4.78, 5) is 5.73.